The van der Waals surface area contributed by atoms with E-state index >= 15 is 0 Å². The number of aryl methyl sites for hydroxylation is 2. The van der Waals surface area contributed by atoms with Crippen molar-refractivity contribution in [3.8, 4) is 51.7 Å². The van der Waals surface area contributed by atoms with Crippen LogP contribution in [0.3, 0.4) is 0 Å². The molecule has 1 aliphatic carbocycles. The van der Waals surface area contributed by atoms with Gasteiger partial charge < -0.3 is 87.4 Å². The van der Waals surface area contributed by atoms with Crippen molar-refractivity contribution in [2.75, 3.05) is 119 Å². The van der Waals surface area contributed by atoms with Gasteiger partial charge in [0.2, 0.25) is 0 Å². The van der Waals surface area contributed by atoms with Crippen LogP contribution in [0, 0.1) is 17.5 Å². The van der Waals surface area contributed by atoms with Crippen LogP contribution >= 0.6 is 0 Å². The van der Waals surface area contributed by atoms with E-state index < -0.39 is 137 Å². The number of aliphatic hydroxyl groups is 1. The Bertz CT molecular complexity index is 6210. The Morgan fingerprint density at radius 2 is 0.703 bits per heavy atom. The predicted molar refractivity (Wildman–Crippen MR) is 498 cm³/mol. The largest absolute Gasteiger partial charge is 0.573 e. The van der Waals surface area contributed by atoms with E-state index in [1.807, 2.05) is 0 Å². The number of nitrogens with one attached hydrogen (secondary N) is 3. The summed E-state index contributed by atoms with van der Waals surface area (Å²) in [7, 11) is -11.1. The molecular weight excluding hydrogens is 1930 g/mol. The van der Waals surface area contributed by atoms with Gasteiger partial charge in [-0.3, -0.25) is 9.59 Å². The highest BCUT2D eigenvalue weighted by atomic mass is 32.2. The van der Waals surface area contributed by atoms with E-state index in [2.05, 4.69) is 97.9 Å². The molecule has 27 nitrogen and oxygen atoms in total. The Hall–Kier alpha value is -11.7. The highest BCUT2D eigenvalue weighted by Gasteiger charge is 2.42. The van der Waals surface area contributed by atoms with Gasteiger partial charge in [-0.05, 0) is 188 Å². The summed E-state index contributed by atoms with van der Waals surface area (Å²) in [5, 5.41) is 28.0. The zero-order chi connectivity index (χ0) is 102. The molecular formula is C94H109F12N5O22S3Si2. The van der Waals surface area contributed by atoms with Gasteiger partial charge in [0.15, 0.2) is 52.2 Å². The molecule has 3 unspecified atom stereocenters. The number of carbonyl (C=O) groups is 3. The number of aliphatic hydroxyl groups excluding tert-OH is 1. The number of alkyl halides is 9. The summed E-state index contributed by atoms with van der Waals surface area (Å²) >= 11 is 0. The normalized spacial score (nSPS) is 14.0. The second kappa shape index (κ2) is 45.1. The minimum absolute atomic E-state index is 0.0108. The molecule has 752 valence electrons. The summed E-state index contributed by atoms with van der Waals surface area (Å²) in [6, 6.07) is 30.9. The van der Waals surface area contributed by atoms with Gasteiger partial charge >= 0.3 is 25.1 Å². The van der Waals surface area contributed by atoms with Crippen LogP contribution in [0.1, 0.15) is 105 Å². The lowest BCUT2D eigenvalue weighted by Crippen LogP contribution is -2.41. The molecule has 2 aliphatic heterocycles. The molecule has 3 aliphatic rings. The first-order valence-corrected chi connectivity index (χ1v) is 54.2. The fourth-order valence-corrected chi connectivity index (χ4v) is 18.1. The number of amides is 2. The molecule has 0 aromatic heterocycles. The summed E-state index contributed by atoms with van der Waals surface area (Å²) < 4.78 is 287. The summed E-state index contributed by atoms with van der Waals surface area (Å²) in [6.07, 6.45) is -7.89. The maximum absolute atomic E-state index is 14.6. The third-order valence-electron chi connectivity index (χ3n) is 22.9. The number of benzene rings is 9. The number of methoxy groups -OCH3 is 3. The molecule has 0 fully saturated rings. The zero-order valence-corrected chi connectivity index (χ0v) is 82.7. The minimum atomic E-state index is -4.94. The first kappa shape index (κ1) is 110. The Morgan fingerprint density at radius 3 is 1.01 bits per heavy atom. The van der Waals surface area contributed by atoms with Crippen molar-refractivity contribution in [3.05, 3.63) is 220 Å². The standard InChI is InChI=1S/C33H40F4N2O7SSi.C27H26F4N2O7S.C24H34FNO7SSi.C10H9F3O/c1-32(2,3)48(6,7)45-15-14-44-29-16-22(34)9-11-27(29)30(38-23-17-25(43-4)19-26(18-23)47(5,41)42)31(40)39-13-12-21-8-10-24(20-28(21)39)46-33(35,36)37;1-38-20-12-18(13-21(14-20)41(2,36)37)32-25(22-6-4-17(28)11-24(22)39-10-9-34)26(35)33-8-7-16-3-5-19(15-23(16)33)40-27(29,30)31;1-24(2,3)35(6,7)33-11-10-32-21-12-16(25)8-9-20(21)22(23(27)28)26-17-13-18(31-4)15-19(14-17)34(5,29)30;11-10(12,13)14-9-5-4-7-2-1-3-8(7)6-9/h8-11,16-20,30,38H,12-15H2,1-7H3;3-6,11-15,25,32,34H,7-10H2,1-2H3;8-9,12-15,22,26H,10-11H2,1-7H3,(H,27,28);4-6H,1-3H2. The maximum atomic E-state index is 14.6. The van der Waals surface area contributed by atoms with Crippen LogP contribution < -0.4 is 68.4 Å². The fraction of sp³-hybridized carbons (Fsp3) is 0.394. The lowest BCUT2D eigenvalue weighted by Gasteiger charge is -2.36. The van der Waals surface area contributed by atoms with Gasteiger partial charge in [0, 0.05) is 114 Å². The molecule has 0 radical (unpaired) electrons. The number of halogens is 12. The lowest BCUT2D eigenvalue weighted by molar-refractivity contribution is -0.275. The lowest BCUT2D eigenvalue weighted by atomic mass is 10.0. The van der Waals surface area contributed by atoms with E-state index in [0.717, 1.165) is 104 Å². The Morgan fingerprint density at radius 1 is 0.391 bits per heavy atom. The van der Waals surface area contributed by atoms with Crippen LogP contribution in [0.15, 0.2) is 178 Å². The number of ether oxygens (including phenoxy) is 9. The number of fused-ring (bicyclic) bond motifs is 3. The predicted octanol–water partition coefficient (Wildman–Crippen LogP) is 19.5. The van der Waals surface area contributed by atoms with Gasteiger partial charge in [-0.1, -0.05) is 59.7 Å². The molecule has 0 saturated heterocycles. The van der Waals surface area contributed by atoms with Crippen molar-refractivity contribution in [1.82, 2.24) is 0 Å². The monoisotopic (exact) mass is 2040 g/mol. The Balaban J connectivity index is 0.000000218. The van der Waals surface area contributed by atoms with Crippen LogP contribution in [0.2, 0.25) is 36.3 Å². The van der Waals surface area contributed by atoms with Gasteiger partial charge in [-0.2, -0.15) is 0 Å². The highest BCUT2D eigenvalue weighted by molar-refractivity contribution is 7.91. The molecule has 5 N–H and O–H groups in total. The molecule has 0 saturated carbocycles. The summed E-state index contributed by atoms with van der Waals surface area (Å²) in [6.45, 7) is 21.2. The zero-order valence-electron chi connectivity index (χ0n) is 78.2. The first-order valence-electron chi connectivity index (χ1n) is 42.7. The second-order valence-corrected chi connectivity index (χ2v) is 50.8. The van der Waals surface area contributed by atoms with Crippen LogP contribution in [0.5, 0.6) is 51.7 Å². The van der Waals surface area contributed by atoms with Crippen LogP contribution in [0.25, 0.3) is 0 Å². The van der Waals surface area contributed by atoms with Crippen molar-refractivity contribution < 1.29 is 154 Å². The summed E-state index contributed by atoms with van der Waals surface area (Å²) in [4.78, 5) is 43.0. The number of rotatable bonds is 34. The van der Waals surface area contributed by atoms with Crippen LogP contribution in [-0.2, 0) is 78.4 Å². The van der Waals surface area contributed by atoms with E-state index in [1.165, 1.54) is 134 Å². The van der Waals surface area contributed by atoms with E-state index in [9.17, 15) is 103 Å². The topological polar surface area (TPSA) is 338 Å². The third kappa shape index (κ3) is 30.9. The number of carboxylic acids is 1. The summed E-state index contributed by atoms with van der Waals surface area (Å²) in [5.41, 5.74) is 4.77. The van der Waals surface area contributed by atoms with Gasteiger partial charge in [-0.25, -0.2) is 43.2 Å². The minimum Gasteiger partial charge on any atom is -0.497 e. The average Bonchev–Trinajstić information content (AvgIpc) is 1.61. The van der Waals surface area contributed by atoms with Gasteiger partial charge in [0.25, 0.3) is 11.8 Å². The molecule has 9 aromatic rings. The number of carbonyl (C=O) groups excluding carboxylic acids is 2. The SMILES string of the molecule is COc1cc(NC(C(=O)N2CCc3ccc(OC(F)(F)F)cc32)c2ccc(F)cc2OCCO)cc(S(C)(=O)=O)c1.COc1cc(NC(C(=O)N2CCc3ccc(OC(F)(F)F)cc32)c2ccc(F)cc2OCCO[Si](C)(C)C(C)(C)C)cc(S(C)(=O)=O)c1.COc1cc(NC(C(=O)O)c2ccc(F)cc2OCCO[Si](C)(C)C(C)(C)C)cc(S(C)(=O)=O)c1.FC(F)(F)Oc1ccc2c(c1)CCC2. The molecule has 12 rings (SSSR count). The molecule has 0 spiro atoms. The van der Waals surface area contributed by atoms with Gasteiger partial charge in [-0.15, -0.1) is 39.5 Å². The molecule has 3 atom stereocenters. The number of hydrogen-bond acceptors (Lipinski definition) is 24. The molecule has 2 heterocycles. The van der Waals surface area contributed by atoms with Crippen LogP contribution in [0.4, 0.5) is 81.1 Å². The quantitative estimate of drug-likeness (QED) is 0.0142. The average molecular weight is 2040 g/mol. The van der Waals surface area contributed by atoms with Crippen LogP contribution in [-0.4, -0.2) is 182 Å². The molecule has 44 heteroatoms. The van der Waals surface area contributed by atoms with Gasteiger partial charge in [0.1, 0.15) is 101 Å². The third-order valence-corrected chi connectivity index (χ3v) is 35.3. The first-order chi connectivity index (χ1) is 64.1. The molecule has 0 bridgehead atoms. The van der Waals surface area contributed by atoms with E-state index in [4.69, 9.17) is 37.3 Å². The fourth-order valence-electron chi connectivity index (χ4n) is 14.0. The Labute approximate surface area is 794 Å². The number of aliphatic carboxylic acids is 1. The van der Waals surface area contributed by atoms with Crippen molar-refractivity contribution >= 4 is 92.4 Å². The second-order valence-electron chi connectivity index (χ2n) is 35.1. The van der Waals surface area contributed by atoms with Crippen molar-refractivity contribution in [2.24, 2.45) is 0 Å². The number of nitrogens with zero attached hydrogens (tertiary/aromatic N) is 2. The number of hydrogen-bond donors (Lipinski definition) is 5. The van der Waals surface area contributed by atoms with E-state index in [-0.39, 0.29) is 156 Å². The molecule has 2 amide bonds. The van der Waals surface area contributed by atoms with Crippen molar-refractivity contribution in [3.63, 3.8) is 0 Å². The summed E-state index contributed by atoms with van der Waals surface area (Å²) in [5.74, 6) is -4.98. The maximum Gasteiger partial charge on any atom is 0.573 e. The number of sulfone groups is 3. The molecule has 9 aromatic carbocycles. The van der Waals surface area contributed by atoms with Gasteiger partial charge in [0.05, 0.1) is 67.2 Å². The highest BCUT2D eigenvalue weighted by Crippen LogP contribution is 2.45. The van der Waals surface area contributed by atoms with Crippen molar-refractivity contribution in [2.45, 2.75) is 162 Å². The Kier molecular flexibility index (Phi) is 35.9. The number of carboxylic acid groups (broad SMARTS) is 1. The molecule has 138 heavy (non-hydrogen) atoms. The smallest absolute Gasteiger partial charge is 0.497 e. The number of anilines is 5. The van der Waals surface area contributed by atoms with Crippen molar-refractivity contribution in [1.29, 1.82) is 0 Å². The van der Waals surface area contributed by atoms with E-state index in [0.29, 0.717) is 24.0 Å². The van der Waals surface area contributed by atoms with E-state index in [1.54, 1.807) is 6.07 Å².